The zero-order valence-corrected chi connectivity index (χ0v) is 17.5. The van der Waals surface area contributed by atoms with Crippen molar-refractivity contribution >= 4 is 56.7 Å². The van der Waals surface area contributed by atoms with Gasteiger partial charge < -0.3 is 14.2 Å². The molecule has 0 aliphatic carbocycles. The number of hydrogen-bond acceptors (Lipinski definition) is 6. The van der Waals surface area contributed by atoms with E-state index in [2.05, 4.69) is 10.5 Å². The monoisotopic (exact) mass is 438 g/mol. The number of nitrogens with one attached hydrogen (secondary N) is 1. The Balaban J connectivity index is 1.81. The molecular formula is C19H16Cl2N2O4S. The Morgan fingerprint density at radius 1 is 1.07 bits per heavy atom. The Bertz CT molecular complexity index is 1040. The second kappa shape index (κ2) is 8.68. The van der Waals surface area contributed by atoms with Crippen LogP contribution in [0.2, 0.25) is 10.0 Å². The minimum atomic E-state index is -0.411. The van der Waals surface area contributed by atoms with E-state index in [0.717, 1.165) is 10.1 Å². The van der Waals surface area contributed by atoms with E-state index in [0.29, 0.717) is 37.7 Å². The Hall–Kier alpha value is -2.48. The zero-order chi connectivity index (χ0) is 20.3. The highest BCUT2D eigenvalue weighted by molar-refractivity contribution is 7.21. The maximum absolute atomic E-state index is 12.5. The Morgan fingerprint density at radius 2 is 1.75 bits per heavy atom. The number of amides is 1. The summed E-state index contributed by atoms with van der Waals surface area (Å²) in [6.45, 7) is 0. The number of hydrogen-bond donors (Lipinski definition) is 1. The molecule has 3 aromatic rings. The Kier molecular flexibility index (Phi) is 6.28. The molecule has 0 radical (unpaired) electrons. The van der Waals surface area contributed by atoms with Gasteiger partial charge in [-0.1, -0.05) is 29.3 Å². The molecule has 2 aromatic carbocycles. The van der Waals surface area contributed by atoms with E-state index >= 15 is 0 Å². The van der Waals surface area contributed by atoms with Gasteiger partial charge in [0.25, 0.3) is 5.91 Å². The molecule has 9 heteroatoms. The van der Waals surface area contributed by atoms with Gasteiger partial charge in [-0.15, -0.1) is 11.3 Å². The van der Waals surface area contributed by atoms with Gasteiger partial charge >= 0.3 is 0 Å². The quantitative estimate of drug-likeness (QED) is 0.434. The third kappa shape index (κ3) is 4.01. The first-order chi connectivity index (χ1) is 13.5. The number of rotatable bonds is 6. The van der Waals surface area contributed by atoms with Gasteiger partial charge in [0.1, 0.15) is 4.88 Å². The number of thiophene rings is 1. The normalized spacial score (nSPS) is 11.0. The topological polar surface area (TPSA) is 69.2 Å². The van der Waals surface area contributed by atoms with E-state index < -0.39 is 5.91 Å². The number of hydrazone groups is 1. The number of carbonyl (C=O) groups is 1. The first-order valence-corrected chi connectivity index (χ1v) is 9.56. The van der Waals surface area contributed by atoms with Crippen molar-refractivity contribution in [1.29, 1.82) is 0 Å². The van der Waals surface area contributed by atoms with Gasteiger partial charge in [-0.3, -0.25) is 4.79 Å². The molecule has 3 rings (SSSR count). The molecule has 1 amide bonds. The molecule has 1 heterocycles. The summed E-state index contributed by atoms with van der Waals surface area (Å²) in [7, 11) is 4.57. The van der Waals surface area contributed by atoms with E-state index in [1.165, 1.54) is 38.9 Å². The summed E-state index contributed by atoms with van der Waals surface area (Å²) < 4.78 is 16.7. The molecule has 0 saturated heterocycles. The number of benzene rings is 2. The number of fused-ring (bicyclic) bond motifs is 1. The van der Waals surface area contributed by atoms with Crippen molar-refractivity contribution < 1.29 is 19.0 Å². The van der Waals surface area contributed by atoms with Crippen LogP contribution in [0.1, 0.15) is 15.2 Å². The van der Waals surface area contributed by atoms with Crippen molar-refractivity contribution in [3.63, 3.8) is 0 Å². The summed E-state index contributed by atoms with van der Waals surface area (Å²) in [6, 6.07) is 8.71. The van der Waals surface area contributed by atoms with Gasteiger partial charge in [0.15, 0.2) is 11.5 Å². The average Bonchev–Trinajstić information content (AvgIpc) is 3.02. The van der Waals surface area contributed by atoms with E-state index in [4.69, 9.17) is 37.4 Å². The molecule has 0 fully saturated rings. The first kappa shape index (κ1) is 20.3. The van der Waals surface area contributed by atoms with Crippen LogP contribution in [0, 0.1) is 0 Å². The van der Waals surface area contributed by atoms with Gasteiger partial charge in [-0.25, -0.2) is 5.43 Å². The van der Waals surface area contributed by atoms with Crippen LogP contribution < -0.4 is 19.6 Å². The molecule has 6 nitrogen and oxygen atoms in total. The summed E-state index contributed by atoms with van der Waals surface area (Å²) in [5.41, 5.74) is 3.13. The molecule has 0 unspecified atom stereocenters. The number of carbonyl (C=O) groups excluding carboxylic acids is 1. The molecule has 0 bridgehead atoms. The number of methoxy groups -OCH3 is 3. The molecule has 0 spiro atoms. The predicted octanol–water partition coefficient (Wildman–Crippen LogP) is 5.00. The van der Waals surface area contributed by atoms with E-state index in [-0.39, 0.29) is 0 Å². The maximum Gasteiger partial charge on any atom is 0.283 e. The fraction of sp³-hybridized carbons (Fsp3) is 0.158. The zero-order valence-electron chi connectivity index (χ0n) is 15.2. The van der Waals surface area contributed by atoms with Crippen LogP contribution in [-0.2, 0) is 0 Å². The fourth-order valence-corrected chi connectivity index (χ4v) is 4.26. The summed E-state index contributed by atoms with van der Waals surface area (Å²) in [5.74, 6) is 1.03. The number of nitrogens with zero attached hydrogens (tertiary/aromatic N) is 1. The van der Waals surface area contributed by atoms with E-state index in [1.807, 2.05) is 0 Å². The molecule has 0 saturated carbocycles. The lowest BCUT2D eigenvalue weighted by Crippen LogP contribution is -2.16. The molecule has 0 aliphatic rings. The van der Waals surface area contributed by atoms with Crippen LogP contribution in [0.3, 0.4) is 0 Å². The summed E-state index contributed by atoms with van der Waals surface area (Å²) >= 11 is 13.6. The van der Waals surface area contributed by atoms with Gasteiger partial charge in [0.2, 0.25) is 5.75 Å². The highest BCUT2D eigenvalue weighted by Crippen LogP contribution is 2.38. The Labute approximate surface area is 175 Å². The summed E-state index contributed by atoms with van der Waals surface area (Å²) in [6.07, 6.45) is 1.47. The van der Waals surface area contributed by atoms with Crippen molar-refractivity contribution in [2.24, 2.45) is 5.10 Å². The van der Waals surface area contributed by atoms with E-state index in [1.54, 1.807) is 30.3 Å². The minimum Gasteiger partial charge on any atom is -0.493 e. The standard InChI is InChI=1S/C19H16Cl2N2O4S/c1-25-13-6-10(7-14(26-2)17(13)27-3)9-22-23-19(24)18-16(21)12-5-4-11(20)8-15(12)28-18/h4-9H,1-3H3,(H,23,24)/b22-9+. The second-order valence-corrected chi connectivity index (χ2v) is 7.41. The minimum absolute atomic E-state index is 0.362. The number of halogens is 2. The number of ether oxygens (including phenoxy) is 3. The van der Waals surface area contributed by atoms with Crippen LogP contribution in [0.25, 0.3) is 10.1 Å². The van der Waals surface area contributed by atoms with Gasteiger partial charge in [0, 0.05) is 20.7 Å². The smallest absolute Gasteiger partial charge is 0.283 e. The highest BCUT2D eigenvalue weighted by atomic mass is 35.5. The van der Waals surface area contributed by atoms with Crippen molar-refractivity contribution in [3.05, 3.63) is 50.8 Å². The highest BCUT2D eigenvalue weighted by Gasteiger charge is 2.17. The molecule has 1 N–H and O–H groups in total. The molecule has 0 atom stereocenters. The van der Waals surface area contributed by atoms with Gasteiger partial charge in [-0.2, -0.15) is 5.10 Å². The van der Waals surface area contributed by atoms with Crippen LogP contribution in [-0.4, -0.2) is 33.5 Å². The SMILES string of the molecule is COc1cc(/C=N/NC(=O)c2sc3cc(Cl)ccc3c2Cl)cc(OC)c1OC. The van der Waals surface area contributed by atoms with Crippen LogP contribution in [0.5, 0.6) is 17.2 Å². The van der Waals surface area contributed by atoms with Gasteiger partial charge in [-0.05, 0) is 24.3 Å². The van der Waals surface area contributed by atoms with Crippen LogP contribution in [0.15, 0.2) is 35.4 Å². The molecule has 28 heavy (non-hydrogen) atoms. The van der Waals surface area contributed by atoms with Crippen molar-refractivity contribution in [2.75, 3.05) is 21.3 Å². The average molecular weight is 439 g/mol. The summed E-state index contributed by atoms with van der Waals surface area (Å²) in [4.78, 5) is 12.8. The lowest BCUT2D eigenvalue weighted by atomic mass is 10.2. The summed E-state index contributed by atoms with van der Waals surface area (Å²) in [5, 5.41) is 5.73. The van der Waals surface area contributed by atoms with Crippen molar-refractivity contribution in [1.82, 2.24) is 5.43 Å². The third-order valence-corrected chi connectivity index (χ3v) is 5.76. The lowest BCUT2D eigenvalue weighted by Gasteiger charge is -2.12. The first-order valence-electron chi connectivity index (χ1n) is 7.99. The van der Waals surface area contributed by atoms with Crippen LogP contribution >= 0.6 is 34.5 Å². The van der Waals surface area contributed by atoms with Crippen molar-refractivity contribution in [3.8, 4) is 17.2 Å². The van der Waals surface area contributed by atoms with Crippen LogP contribution in [0.4, 0.5) is 0 Å². The maximum atomic E-state index is 12.5. The third-order valence-electron chi connectivity index (χ3n) is 3.86. The molecule has 0 aliphatic heterocycles. The fourth-order valence-electron chi connectivity index (χ4n) is 2.58. The second-order valence-electron chi connectivity index (χ2n) is 5.54. The largest absolute Gasteiger partial charge is 0.493 e. The predicted molar refractivity (Wildman–Crippen MR) is 113 cm³/mol. The Morgan fingerprint density at radius 3 is 2.36 bits per heavy atom. The van der Waals surface area contributed by atoms with Crippen molar-refractivity contribution in [2.45, 2.75) is 0 Å². The van der Waals surface area contributed by atoms with Gasteiger partial charge in [0.05, 0.1) is 32.6 Å². The molecule has 146 valence electrons. The van der Waals surface area contributed by atoms with E-state index in [9.17, 15) is 4.79 Å². The lowest BCUT2D eigenvalue weighted by molar-refractivity contribution is 0.0959. The molecular weight excluding hydrogens is 423 g/mol. The molecule has 1 aromatic heterocycles.